The van der Waals surface area contributed by atoms with Gasteiger partial charge in [0.2, 0.25) is 0 Å². The smallest absolute Gasteiger partial charge is 0.253 e. The monoisotopic (exact) mass is 532 g/mol. The average Bonchev–Trinajstić information content (AvgIpc) is 3.21. The molecule has 30 heavy (non-hydrogen) atoms. The highest BCUT2D eigenvalue weighted by Crippen LogP contribution is 2.17. The van der Waals surface area contributed by atoms with Crippen LogP contribution in [0.5, 0.6) is 0 Å². The predicted molar refractivity (Wildman–Crippen MR) is 132 cm³/mol. The number of hydrogen-bond acceptors (Lipinski definition) is 4. The second-order valence-corrected chi connectivity index (χ2v) is 7.24. The van der Waals surface area contributed by atoms with E-state index < -0.39 is 0 Å². The fraction of sp³-hybridized carbons (Fsp3) is 0.636. The van der Waals surface area contributed by atoms with Crippen molar-refractivity contribution in [3.8, 4) is 0 Å². The second-order valence-electron chi connectivity index (χ2n) is 7.24. The van der Waals surface area contributed by atoms with Crippen LogP contribution in [0.15, 0.2) is 29.3 Å². The van der Waals surface area contributed by atoms with Gasteiger partial charge in [-0.2, -0.15) is 0 Å². The molecule has 1 atom stereocenters. The molecule has 1 aromatic carbocycles. The van der Waals surface area contributed by atoms with E-state index in [9.17, 15) is 4.79 Å². The molecule has 0 aromatic heterocycles. The minimum Gasteiger partial charge on any atom is -0.382 e. The number of halogens is 1. The molecule has 170 valence electrons. The van der Waals surface area contributed by atoms with Gasteiger partial charge in [0.05, 0.1) is 19.8 Å². The molecule has 1 aromatic rings. The summed E-state index contributed by atoms with van der Waals surface area (Å²) in [6.07, 6.45) is 1.11. The maximum atomic E-state index is 12.4. The molecule has 1 heterocycles. The summed E-state index contributed by atoms with van der Waals surface area (Å²) in [4.78, 5) is 21.0. The maximum absolute atomic E-state index is 12.4. The SMILES string of the molecule is CCN(CC)C(=O)c1ccc(CNC(=NC)N2CCC(COCCOC)C2)cc1.I. The Morgan fingerprint density at radius 3 is 2.53 bits per heavy atom. The van der Waals surface area contributed by atoms with Gasteiger partial charge < -0.3 is 24.6 Å². The Morgan fingerprint density at radius 1 is 1.23 bits per heavy atom. The molecule has 0 radical (unpaired) electrons. The van der Waals surface area contributed by atoms with Crippen LogP contribution in [0.3, 0.4) is 0 Å². The number of carbonyl (C=O) groups excluding carboxylic acids is 1. The number of ether oxygens (including phenoxy) is 2. The topological polar surface area (TPSA) is 66.4 Å². The Balaban J connectivity index is 0.00000450. The molecular weight excluding hydrogens is 495 g/mol. The van der Waals surface area contributed by atoms with Crippen molar-refractivity contribution in [2.24, 2.45) is 10.9 Å². The Bertz CT molecular complexity index is 650. The van der Waals surface area contributed by atoms with Gasteiger partial charge in [0.1, 0.15) is 0 Å². The van der Waals surface area contributed by atoms with Crippen molar-refractivity contribution in [1.29, 1.82) is 0 Å². The van der Waals surface area contributed by atoms with Gasteiger partial charge in [0, 0.05) is 58.4 Å². The molecule has 1 unspecified atom stereocenters. The molecule has 1 N–H and O–H groups in total. The largest absolute Gasteiger partial charge is 0.382 e. The summed E-state index contributed by atoms with van der Waals surface area (Å²) in [5.41, 5.74) is 1.86. The van der Waals surface area contributed by atoms with Crippen molar-refractivity contribution in [3.63, 3.8) is 0 Å². The third-order valence-electron chi connectivity index (χ3n) is 5.28. The first-order chi connectivity index (χ1) is 14.1. The van der Waals surface area contributed by atoms with Crippen LogP contribution in [0.25, 0.3) is 0 Å². The number of likely N-dealkylation sites (tertiary alicyclic amines) is 1. The summed E-state index contributed by atoms with van der Waals surface area (Å²) in [7, 11) is 3.50. The average molecular weight is 532 g/mol. The van der Waals surface area contributed by atoms with Crippen molar-refractivity contribution in [2.45, 2.75) is 26.8 Å². The van der Waals surface area contributed by atoms with E-state index in [2.05, 4.69) is 15.2 Å². The van der Waals surface area contributed by atoms with Crippen LogP contribution in [-0.4, -0.2) is 81.8 Å². The molecular formula is C22H37IN4O3. The molecule has 0 spiro atoms. The minimum atomic E-state index is 0. The van der Waals surface area contributed by atoms with Gasteiger partial charge in [-0.15, -0.1) is 24.0 Å². The number of carbonyl (C=O) groups is 1. The molecule has 1 amide bonds. The zero-order valence-electron chi connectivity index (χ0n) is 18.7. The summed E-state index contributed by atoms with van der Waals surface area (Å²) >= 11 is 0. The number of rotatable bonds is 10. The molecule has 1 fully saturated rings. The van der Waals surface area contributed by atoms with E-state index in [-0.39, 0.29) is 29.9 Å². The van der Waals surface area contributed by atoms with Crippen molar-refractivity contribution in [2.75, 3.05) is 60.2 Å². The third-order valence-corrected chi connectivity index (χ3v) is 5.28. The molecule has 7 nitrogen and oxygen atoms in total. The van der Waals surface area contributed by atoms with Gasteiger partial charge >= 0.3 is 0 Å². The standard InChI is InChI=1S/C22H36N4O3.HI/c1-5-25(6-2)21(27)20-9-7-18(8-10-20)15-24-22(23-3)26-12-11-19(16-26)17-29-14-13-28-4;/h7-10,19H,5-6,11-17H2,1-4H3,(H,23,24);1H. The number of nitrogens with zero attached hydrogens (tertiary/aromatic N) is 3. The summed E-state index contributed by atoms with van der Waals surface area (Å²) in [6, 6.07) is 7.83. The number of benzene rings is 1. The summed E-state index contributed by atoms with van der Waals surface area (Å²) in [6.45, 7) is 10.1. The first kappa shape index (κ1) is 26.6. The Labute approximate surface area is 198 Å². The molecule has 1 saturated heterocycles. The molecule has 2 rings (SSSR count). The molecule has 0 saturated carbocycles. The summed E-state index contributed by atoms with van der Waals surface area (Å²) < 4.78 is 10.7. The highest BCUT2D eigenvalue weighted by molar-refractivity contribution is 14.0. The van der Waals surface area contributed by atoms with Crippen LogP contribution in [0.1, 0.15) is 36.2 Å². The minimum absolute atomic E-state index is 0. The van der Waals surface area contributed by atoms with Gasteiger partial charge in [-0.05, 0) is 38.0 Å². The highest BCUT2D eigenvalue weighted by Gasteiger charge is 2.24. The van der Waals surface area contributed by atoms with E-state index >= 15 is 0 Å². The zero-order valence-corrected chi connectivity index (χ0v) is 21.1. The second kappa shape index (κ2) is 14.6. The van der Waals surface area contributed by atoms with Crippen LogP contribution in [-0.2, 0) is 16.0 Å². The van der Waals surface area contributed by atoms with Crippen molar-refractivity contribution >= 4 is 35.8 Å². The quantitative estimate of drug-likeness (QED) is 0.217. The van der Waals surface area contributed by atoms with Crippen LogP contribution in [0.4, 0.5) is 0 Å². The Morgan fingerprint density at radius 2 is 1.93 bits per heavy atom. The van der Waals surface area contributed by atoms with Gasteiger partial charge in [-0.25, -0.2) is 0 Å². The van der Waals surface area contributed by atoms with Crippen molar-refractivity contribution in [3.05, 3.63) is 35.4 Å². The first-order valence-corrected chi connectivity index (χ1v) is 10.5. The maximum Gasteiger partial charge on any atom is 0.253 e. The van der Waals surface area contributed by atoms with E-state index in [1.807, 2.05) is 50.1 Å². The van der Waals surface area contributed by atoms with Gasteiger partial charge in [0.15, 0.2) is 5.96 Å². The Hall–Kier alpha value is -1.39. The third kappa shape index (κ3) is 8.03. The van der Waals surface area contributed by atoms with Gasteiger partial charge in [-0.3, -0.25) is 9.79 Å². The van der Waals surface area contributed by atoms with E-state index in [1.54, 1.807) is 7.11 Å². The van der Waals surface area contributed by atoms with Crippen LogP contribution in [0.2, 0.25) is 0 Å². The lowest BCUT2D eigenvalue weighted by molar-refractivity contribution is 0.0536. The molecule has 0 bridgehead atoms. The number of hydrogen-bond donors (Lipinski definition) is 1. The van der Waals surface area contributed by atoms with Gasteiger partial charge in [0.25, 0.3) is 5.91 Å². The molecule has 8 heteroatoms. The van der Waals surface area contributed by atoms with Crippen LogP contribution >= 0.6 is 24.0 Å². The first-order valence-electron chi connectivity index (χ1n) is 10.5. The lowest BCUT2D eigenvalue weighted by Gasteiger charge is -2.22. The van der Waals surface area contributed by atoms with E-state index in [1.165, 1.54) is 0 Å². The molecule has 1 aliphatic heterocycles. The zero-order chi connectivity index (χ0) is 21.1. The van der Waals surface area contributed by atoms with E-state index in [4.69, 9.17) is 9.47 Å². The van der Waals surface area contributed by atoms with Crippen LogP contribution < -0.4 is 5.32 Å². The van der Waals surface area contributed by atoms with Crippen LogP contribution in [0, 0.1) is 5.92 Å². The number of guanidine groups is 1. The Kier molecular flexibility index (Phi) is 13.0. The van der Waals surface area contributed by atoms with Crippen molar-refractivity contribution < 1.29 is 14.3 Å². The predicted octanol–water partition coefficient (Wildman–Crippen LogP) is 2.85. The molecule has 0 aliphatic carbocycles. The lowest BCUT2D eigenvalue weighted by atomic mass is 10.1. The van der Waals surface area contributed by atoms with Crippen molar-refractivity contribution in [1.82, 2.24) is 15.1 Å². The number of methoxy groups -OCH3 is 1. The van der Waals surface area contributed by atoms with E-state index in [0.717, 1.165) is 56.3 Å². The summed E-state index contributed by atoms with van der Waals surface area (Å²) in [5.74, 6) is 1.52. The van der Waals surface area contributed by atoms with E-state index in [0.29, 0.717) is 25.7 Å². The number of nitrogens with one attached hydrogen (secondary N) is 1. The molecule has 1 aliphatic rings. The fourth-order valence-electron chi connectivity index (χ4n) is 3.53. The normalized spacial score (nSPS) is 16.3. The fourth-order valence-corrected chi connectivity index (χ4v) is 3.53. The highest BCUT2D eigenvalue weighted by atomic mass is 127. The summed E-state index contributed by atoms with van der Waals surface area (Å²) in [5, 5.41) is 3.44. The number of amides is 1. The lowest BCUT2D eigenvalue weighted by Crippen LogP contribution is -2.39. The van der Waals surface area contributed by atoms with Gasteiger partial charge in [-0.1, -0.05) is 12.1 Å². The number of aliphatic imine (C=N–C) groups is 1.